The summed E-state index contributed by atoms with van der Waals surface area (Å²) in [5, 5.41) is 11.3. The van der Waals surface area contributed by atoms with Crippen LogP contribution in [0.3, 0.4) is 0 Å². The lowest BCUT2D eigenvalue weighted by Gasteiger charge is -2.24. The Bertz CT molecular complexity index is 1020. The summed E-state index contributed by atoms with van der Waals surface area (Å²) in [6, 6.07) is 11.5. The normalized spacial score (nSPS) is 15.8. The third-order valence-corrected chi connectivity index (χ3v) is 4.72. The molecule has 0 unspecified atom stereocenters. The molecule has 0 aliphatic carbocycles. The minimum absolute atomic E-state index is 0.0978. The van der Waals surface area contributed by atoms with Gasteiger partial charge in [0.25, 0.3) is 5.91 Å². The van der Waals surface area contributed by atoms with E-state index in [1.54, 1.807) is 22.9 Å². The zero-order valence-corrected chi connectivity index (χ0v) is 15.6. The molecule has 1 atom stereocenters. The van der Waals surface area contributed by atoms with Crippen LogP contribution in [0.4, 0.5) is 10.1 Å². The number of anilines is 1. The van der Waals surface area contributed by atoms with E-state index < -0.39 is 11.7 Å². The number of ether oxygens (including phenoxy) is 2. The number of carbonyl (C=O) groups excluding carboxylic acids is 1. The lowest BCUT2D eigenvalue weighted by Crippen LogP contribution is -2.24. The van der Waals surface area contributed by atoms with Crippen LogP contribution in [-0.4, -0.2) is 28.0 Å². The average molecular weight is 403 g/mol. The summed E-state index contributed by atoms with van der Waals surface area (Å²) in [5.41, 5.74) is 1.97. The quantitative estimate of drug-likeness (QED) is 0.721. The van der Waals surface area contributed by atoms with Gasteiger partial charge < -0.3 is 14.8 Å². The van der Waals surface area contributed by atoms with Gasteiger partial charge in [-0.05, 0) is 29.8 Å². The first-order valence-electron chi connectivity index (χ1n) is 8.49. The van der Waals surface area contributed by atoms with Crippen molar-refractivity contribution in [2.75, 3.05) is 12.4 Å². The van der Waals surface area contributed by atoms with Gasteiger partial charge in [0.2, 0.25) is 0 Å². The molecule has 2 aromatic carbocycles. The Morgan fingerprint density at radius 2 is 2.11 bits per heavy atom. The number of nitrogens with zero attached hydrogens (tertiary/aromatic N) is 3. The van der Waals surface area contributed by atoms with E-state index in [0.717, 1.165) is 5.56 Å². The Hall–Kier alpha value is -2.97. The number of rotatable bonds is 4. The van der Waals surface area contributed by atoms with Crippen molar-refractivity contribution in [1.82, 2.24) is 15.0 Å². The van der Waals surface area contributed by atoms with Crippen LogP contribution in [0.5, 0.6) is 5.75 Å². The van der Waals surface area contributed by atoms with E-state index in [9.17, 15) is 9.18 Å². The van der Waals surface area contributed by atoms with Gasteiger partial charge in [-0.25, -0.2) is 9.07 Å². The number of hydrogen-bond donors (Lipinski definition) is 1. The molecule has 4 rings (SSSR count). The van der Waals surface area contributed by atoms with Crippen LogP contribution in [-0.2, 0) is 17.9 Å². The zero-order valence-electron chi connectivity index (χ0n) is 14.9. The van der Waals surface area contributed by atoms with Gasteiger partial charge in [-0.15, -0.1) is 5.10 Å². The molecule has 0 spiro atoms. The van der Waals surface area contributed by atoms with Crippen molar-refractivity contribution < 1.29 is 18.7 Å². The third-order valence-electron chi connectivity index (χ3n) is 4.46. The lowest BCUT2D eigenvalue weighted by atomic mass is 10.1. The van der Waals surface area contributed by atoms with Gasteiger partial charge in [-0.2, -0.15) is 0 Å². The van der Waals surface area contributed by atoms with Gasteiger partial charge in [-0.3, -0.25) is 4.79 Å². The highest BCUT2D eigenvalue weighted by molar-refractivity contribution is 6.30. The predicted molar refractivity (Wildman–Crippen MR) is 99.9 cm³/mol. The molecule has 1 amide bonds. The molecular formula is C19H16ClFN4O3. The first-order valence-corrected chi connectivity index (χ1v) is 8.87. The summed E-state index contributed by atoms with van der Waals surface area (Å²) in [5.74, 6) is -0.959. The fourth-order valence-corrected chi connectivity index (χ4v) is 3.13. The van der Waals surface area contributed by atoms with Crippen LogP contribution in [0, 0.1) is 5.82 Å². The van der Waals surface area contributed by atoms with Crippen LogP contribution in [0.2, 0.25) is 5.02 Å². The van der Waals surface area contributed by atoms with Gasteiger partial charge in [0.1, 0.15) is 6.10 Å². The molecule has 1 aliphatic rings. The van der Waals surface area contributed by atoms with E-state index in [4.69, 9.17) is 21.1 Å². The number of aromatic nitrogens is 3. The SMILES string of the molecule is COc1ccc(NC(=O)c2nnn3c2CO[C@@H](c2ccc(Cl)cc2)C3)cc1F. The molecule has 1 N–H and O–H groups in total. The van der Waals surface area contributed by atoms with E-state index in [1.165, 1.54) is 19.2 Å². The van der Waals surface area contributed by atoms with Gasteiger partial charge in [0.05, 0.1) is 26.0 Å². The Kier molecular flexibility index (Phi) is 4.97. The van der Waals surface area contributed by atoms with Crippen molar-refractivity contribution in [2.24, 2.45) is 0 Å². The highest BCUT2D eigenvalue weighted by atomic mass is 35.5. The summed E-state index contributed by atoms with van der Waals surface area (Å²) >= 11 is 5.92. The van der Waals surface area contributed by atoms with E-state index >= 15 is 0 Å². The largest absolute Gasteiger partial charge is 0.494 e. The second-order valence-corrected chi connectivity index (χ2v) is 6.66. The molecule has 0 bridgehead atoms. The topological polar surface area (TPSA) is 78.3 Å². The number of hydrogen-bond acceptors (Lipinski definition) is 5. The fraction of sp³-hybridized carbons (Fsp3) is 0.211. The number of halogens is 2. The second kappa shape index (κ2) is 7.57. The molecule has 0 radical (unpaired) electrons. The maximum absolute atomic E-state index is 13.8. The second-order valence-electron chi connectivity index (χ2n) is 6.22. The average Bonchev–Trinajstić information content (AvgIpc) is 3.12. The molecule has 7 nitrogen and oxygen atoms in total. The van der Waals surface area contributed by atoms with Crippen molar-refractivity contribution in [2.45, 2.75) is 19.3 Å². The van der Waals surface area contributed by atoms with E-state index in [0.29, 0.717) is 22.9 Å². The maximum atomic E-state index is 13.8. The van der Waals surface area contributed by atoms with Gasteiger partial charge in [-0.1, -0.05) is 28.9 Å². The van der Waals surface area contributed by atoms with Gasteiger partial charge >= 0.3 is 0 Å². The van der Waals surface area contributed by atoms with Crippen molar-refractivity contribution in [3.8, 4) is 5.75 Å². The van der Waals surface area contributed by atoms with Crippen molar-refractivity contribution >= 4 is 23.2 Å². The molecule has 28 heavy (non-hydrogen) atoms. The van der Waals surface area contributed by atoms with Crippen LogP contribution in [0.15, 0.2) is 42.5 Å². The number of fused-ring (bicyclic) bond motifs is 1. The zero-order chi connectivity index (χ0) is 19.7. The molecule has 9 heteroatoms. The first kappa shape index (κ1) is 18.4. The Morgan fingerprint density at radius 3 is 2.82 bits per heavy atom. The molecule has 1 aromatic heterocycles. The number of carbonyl (C=O) groups is 1. The Morgan fingerprint density at radius 1 is 1.32 bits per heavy atom. The molecule has 3 aromatic rings. The summed E-state index contributed by atoms with van der Waals surface area (Å²) in [4.78, 5) is 12.6. The lowest BCUT2D eigenvalue weighted by molar-refractivity contribution is -0.00171. The minimum atomic E-state index is -0.570. The van der Waals surface area contributed by atoms with Crippen LogP contribution >= 0.6 is 11.6 Å². The smallest absolute Gasteiger partial charge is 0.278 e. The number of benzene rings is 2. The predicted octanol–water partition coefficient (Wildman–Crippen LogP) is 3.60. The number of nitrogens with one attached hydrogen (secondary N) is 1. The van der Waals surface area contributed by atoms with Gasteiger partial charge in [0.15, 0.2) is 17.3 Å². The first-order chi connectivity index (χ1) is 13.5. The highest BCUT2D eigenvalue weighted by Gasteiger charge is 2.27. The fourth-order valence-electron chi connectivity index (χ4n) is 3.00. The third kappa shape index (κ3) is 3.56. The minimum Gasteiger partial charge on any atom is -0.494 e. The highest BCUT2D eigenvalue weighted by Crippen LogP contribution is 2.28. The van der Waals surface area contributed by atoms with Crippen LogP contribution < -0.4 is 10.1 Å². The van der Waals surface area contributed by atoms with E-state index in [-0.39, 0.29) is 24.2 Å². The molecule has 0 saturated heterocycles. The number of methoxy groups -OCH3 is 1. The van der Waals surface area contributed by atoms with Gasteiger partial charge in [0, 0.05) is 16.8 Å². The summed E-state index contributed by atoms with van der Waals surface area (Å²) in [6.45, 7) is 0.606. The molecular weight excluding hydrogens is 387 g/mol. The number of amides is 1. The molecule has 1 aliphatic heterocycles. The molecule has 144 valence electrons. The van der Waals surface area contributed by atoms with E-state index in [2.05, 4.69) is 15.6 Å². The van der Waals surface area contributed by atoms with Crippen LogP contribution in [0.1, 0.15) is 27.8 Å². The molecule has 0 saturated carbocycles. The standard InChI is InChI=1S/C19H16ClFN4O3/c1-27-16-7-6-13(8-14(16)21)22-19(26)18-15-10-28-17(9-25(15)24-23-18)11-2-4-12(20)5-3-11/h2-8,17H,9-10H2,1H3,(H,22,26)/t17-/m1/s1. The summed E-state index contributed by atoms with van der Waals surface area (Å²) < 4.78 is 26.2. The van der Waals surface area contributed by atoms with E-state index in [1.807, 2.05) is 12.1 Å². The molecule has 0 fully saturated rings. The summed E-state index contributed by atoms with van der Waals surface area (Å²) in [7, 11) is 1.37. The monoisotopic (exact) mass is 402 g/mol. The van der Waals surface area contributed by atoms with Crippen LogP contribution in [0.25, 0.3) is 0 Å². The van der Waals surface area contributed by atoms with Crippen molar-refractivity contribution in [3.05, 3.63) is 70.3 Å². The molecule has 2 heterocycles. The maximum Gasteiger partial charge on any atom is 0.278 e. The Labute approximate surface area is 165 Å². The van der Waals surface area contributed by atoms with Crippen molar-refractivity contribution in [3.63, 3.8) is 0 Å². The Balaban J connectivity index is 1.50. The van der Waals surface area contributed by atoms with Crippen molar-refractivity contribution in [1.29, 1.82) is 0 Å². The summed E-state index contributed by atoms with van der Waals surface area (Å²) in [6.07, 6.45) is -0.210.